The number of likely N-dealkylation sites (N-methyl/N-ethyl adjacent to an activating group) is 1. The van der Waals surface area contributed by atoms with Gasteiger partial charge in [-0.2, -0.15) is 0 Å². The van der Waals surface area contributed by atoms with E-state index in [1.54, 1.807) is 41.5 Å². The first-order valence-electron chi connectivity index (χ1n) is 18.5. The van der Waals surface area contributed by atoms with Gasteiger partial charge in [0, 0.05) is 37.3 Å². The first-order chi connectivity index (χ1) is 23.4. The van der Waals surface area contributed by atoms with Crippen LogP contribution >= 0.6 is 0 Å². The quantitative estimate of drug-likeness (QED) is 0.238. The van der Waals surface area contributed by atoms with Gasteiger partial charge in [0.1, 0.15) is 29.7 Å². The van der Waals surface area contributed by atoms with Crippen LogP contribution in [0.1, 0.15) is 94.9 Å². The van der Waals surface area contributed by atoms with Crippen molar-refractivity contribution in [2.24, 2.45) is 23.7 Å². The molecule has 0 radical (unpaired) electrons. The summed E-state index contributed by atoms with van der Waals surface area (Å²) in [6.07, 6.45) is -9.71. The highest BCUT2D eigenvalue weighted by atomic mass is 16.7. The fourth-order valence-corrected chi connectivity index (χ4v) is 8.41. The topological polar surface area (TPSA) is 194 Å². The van der Waals surface area contributed by atoms with Crippen LogP contribution in [0.25, 0.3) is 0 Å². The van der Waals surface area contributed by atoms with E-state index in [1.165, 1.54) is 27.9 Å². The van der Waals surface area contributed by atoms with Gasteiger partial charge in [-0.1, -0.05) is 27.7 Å². The minimum absolute atomic E-state index is 0.0936. The minimum Gasteiger partial charge on any atom is -0.459 e. The van der Waals surface area contributed by atoms with Crippen LogP contribution in [0, 0.1) is 23.7 Å². The molecule has 5 N–H and O–H groups in total. The zero-order valence-electron chi connectivity index (χ0n) is 32.9. The predicted molar refractivity (Wildman–Crippen MR) is 186 cm³/mol. The van der Waals surface area contributed by atoms with Crippen molar-refractivity contribution < 1.29 is 63.5 Å². The van der Waals surface area contributed by atoms with E-state index in [-0.39, 0.29) is 31.4 Å². The molecule has 0 aliphatic carbocycles. The van der Waals surface area contributed by atoms with Gasteiger partial charge in [-0.05, 0) is 74.9 Å². The molecule has 0 saturated carbocycles. The van der Waals surface area contributed by atoms with E-state index >= 15 is 0 Å². The second-order valence-electron chi connectivity index (χ2n) is 16.5. The Hall–Kier alpha value is -1.30. The Morgan fingerprint density at radius 3 is 2.04 bits per heavy atom. The van der Waals surface area contributed by atoms with Crippen LogP contribution in [0.3, 0.4) is 0 Å². The van der Waals surface area contributed by atoms with Crippen molar-refractivity contribution in [3.63, 3.8) is 0 Å². The van der Waals surface area contributed by atoms with Crippen molar-refractivity contribution in [3.05, 3.63) is 0 Å². The number of ketones is 1. The third kappa shape index (κ3) is 9.51. The van der Waals surface area contributed by atoms with E-state index in [4.69, 9.17) is 28.4 Å². The monoisotopic (exact) mass is 733 g/mol. The maximum Gasteiger partial charge on any atom is 0.311 e. The molecule has 0 bridgehead atoms. The van der Waals surface area contributed by atoms with Crippen LogP contribution in [-0.2, 0) is 38.0 Å². The largest absolute Gasteiger partial charge is 0.459 e. The Kier molecular flexibility index (Phi) is 14.7. The zero-order chi connectivity index (χ0) is 39.0. The van der Waals surface area contributed by atoms with Crippen molar-refractivity contribution in [1.29, 1.82) is 0 Å². The number of cyclic esters (lactones) is 1. The molecule has 3 aliphatic heterocycles. The van der Waals surface area contributed by atoms with E-state index in [9.17, 15) is 35.1 Å². The molecule has 3 aliphatic rings. The lowest BCUT2D eigenvalue weighted by Gasteiger charge is -2.49. The molecule has 3 heterocycles. The normalized spacial score (nSPS) is 49.7. The van der Waals surface area contributed by atoms with Crippen LogP contribution in [0.4, 0.5) is 0 Å². The van der Waals surface area contributed by atoms with Crippen molar-refractivity contribution in [2.75, 3.05) is 21.2 Å². The van der Waals surface area contributed by atoms with E-state index in [0.29, 0.717) is 6.42 Å². The van der Waals surface area contributed by atoms with Gasteiger partial charge in [0.15, 0.2) is 12.6 Å². The van der Waals surface area contributed by atoms with Gasteiger partial charge in [-0.25, -0.2) is 0 Å². The second-order valence-corrected chi connectivity index (χ2v) is 16.5. The first-order valence-corrected chi connectivity index (χ1v) is 18.5. The van der Waals surface area contributed by atoms with E-state index in [0.717, 1.165) is 0 Å². The maximum atomic E-state index is 14.1. The number of hydrogen-bond acceptors (Lipinski definition) is 14. The molecule has 0 aromatic rings. The van der Waals surface area contributed by atoms with Gasteiger partial charge >= 0.3 is 5.97 Å². The Balaban J connectivity index is 2.18. The predicted octanol–water partition coefficient (Wildman–Crippen LogP) is 1.79. The highest BCUT2D eigenvalue weighted by Gasteiger charge is 2.53. The van der Waals surface area contributed by atoms with Crippen LogP contribution in [0.2, 0.25) is 0 Å². The molecule has 3 saturated heterocycles. The van der Waals surface area contributed by atoms with E-state index in [2.05, 4.69) is 0 Å². The fraction of sp³-hybridized carbons (Fsp3) is 0.946. The molecule has 14 nitrogen and oxygen atoms in total. The highest BCUT2D eigenvalue weighted by Crippen LogP contribution is 2.40. The number of aliphatic hydroxyl groups excluding tert-OH is 3. The number of aliphatic hydroxyl groups is 5. The van der Waals surface area contributed by atoms with Gasteiger partial charge in [-0.3, -0.25) is 9.59 Å². The minimum atomic E-state index is -1.99. The third-order valence-corrected chi connectivity index (χ3v) is 11.8. The third-order valence-electron chi connectivity index (χ3n) is 11.8. The number of ether oxygens (including phenoxy) is 6. The average Bonchev–Trinajstić information content (AvgIpc) is 3.05. The Morgan fingerprint density at radius 2 is 1.49 bits per heavy atom. The summed E-state index contributed by atoms with van der Waals surface area (Å²) in [5, 5.41) is 57.6. The highest BCUT2D eigenvalue weighted by molar-refractivity contribution is 5.83. The summed E-state index contributed by atoms with van der Waals surface area (Å²) in [4.78, 5) is 29.8. The molecule has 51 heavy (non-hydrogen) atoms. The number of esters is 1. The summed E-state index contributed by atoms with van der Waals surface area (Å²) >= 11 is 0. The summed E-state index contributed by atoms with van der Waals surface area (Å²) in [5.74, 6) is -4.98. The Bertz CT molecular complexity index is 1170. The van der Waals surface area contributed by atoms with Crippen LogP contribution in [0.5, 0.6) is 0 Å². The van der Waals surface area contributed by atoms with Crippen molar-refractivity contribution in [3.8, 4) is 0 Å². The summed E-state index contributed by atoms with van der Waals surface area (Å²) in [6, 6.07) is -0.324. The molecular formula is C37H67NO13. The molecule has 0 aromatic heterocycles. The number of carbonyl (C=O) groups is 2. The number of Topliss-reactive ketones (excluding diaryl/α,β-unsaturated/α-hetero) is 1. The number of rotatable bonds is 7. The second kappa shape index (κ2) is 17.0. The summed E-state index contributed by atoms with van der Waals surface area (Å²) < 4.78 is 37.1. The van der Waals surface area contributed by atoms with Gasteiger partial charge in [0.05, 0.1) is 47.6 Å². The van der Waals surface area contributed by atoms with Crippen LogP contribution in [-0.4, -0.2) is 148 Å². The number of nitrogens with zero attached hydrogens (tertiary/aromatic N) is 1. The van der Waals surface area contributed by atoms with Crippen molar-refractivity contribution in [2.45, 2.75) is 179 Å². The fourth-order valence-electron chi connectivity index (χ4n) is 8.41. The lowest BCUT2D eigenvalue weighted by Crippen LogP contribution is -2.61. The number of methoxy groups -OCH3 is 1. The van der Waals surface area contributed by atoms with E-state index < -0.39 is 108 Å². The van der Waals surface area contributed by atoms with Crippen molar-refractivity contribution >= 4 is 11.8 Å². The van der Waals surface area contributed by atoms with Gasteiger partial charge in [-0.15, -0.1) is 0 Å². The zero-order valence-corrected chi connectivity index (χ0v) is 32.9. The molecule has 0 amide bonds. The van der Waals surface area contributed by atoms with Gasteiger partial charge in [0.25, 0.3) is 0 Å². The first kappa shape index (κ1) is 44.1. The van der Waals surface area contributed by atoms with Crippen LogP contribution in [0.15, 0.2) is 0 Å². The molecule has 0 spiro atoms. The standard InChI is InChI=1S/C37H67NO13/c1-14-25-37(10,45)30(41)20(4)27(39)18(2)16-35(8,44)32(51-34-28(40)24(38(11)12)15-19(3)47-34)21(5)29(22(6)33(43)49-25)50-26-17-36(9,46-13)31(42)23(7)48-26/h18-26,28-32,34,40-42,44-45H,14-17H2,1-13H3/t18-,19-,20?,21+,22-,23+,24+,25?,26+,28-,29?,30-,31+,32-,34+,35-,36-,37-/m0/s1. The summed E-state index contributed by atoms with van der Waals surface area (Å²) in [6.45, 7) is 16.3. The number of carbonyl (C=O) groups excluding carboxylic acids is 2. The molecule has 18 atom stereocenters. The molecule has 14 heteroatoms. The van der Waals surface area contributed by atoms with Crippen LogP contribution < -0.4 is 0 Å². The summed E-state index contributed by atoms with van der Waals surface area (Å²) in [7, 11) is 5.18. The maximum absolute atomic E-state index is 14.1. The molecule has 3 unspecified atom stereocenters. The van der Waals surface area contributed by atoms with Gasteiger partial charge < -0.3 is 58.9 Å². The molecular weight excluding hydrogens is 666 g/mol. The SMILES string of the molecule is CCC1OC(=O)[C@@H](C)C(O[C@@H]2C[C@](C)(OC)[C@H](O)[C@@H](C)O2)[C@@H](C)[C@H](O[C@H]2O[C@@H](C)C[C@@H](N(C)C)[C@@H]2O)[C@@](C)(O)C[C@H](C)C(=O)C(C)[C@H](O)[C@@]1(C)O. The summed E-state index contributed by atoms with van der Waals surface area (Å²) in [5.41, 5.74) is -4.84. The Morgan fingerprint density at radius 1 is 0.882 bits per heavy atom. The van der Waals surface area contributed by atoms with E-state index in [1.807, 2.05) is 25.9 Å². The molecule has 298 valence electrons. The lowest BCUT2D eigenvalue weighted by atomic mass is 9.74. The molecule has 3 fully saturated rings. The molecule has 0 aromatic carbocycles. The average molecular weight is 734 g/mol. The van der Waals surface area contributed by atoms with Crippen molar-refractivity contribution in [1.82, 2.24) is 4.90 Å². The number of hydrogen-bond donors (Lipinski definition) is 5. The molecule has 3 rings (SSSR count). The van der Waals surface area contributed by atoms with Gasteiger partial charge in [0.2, 0.25) is 0 Å². The Labute approximate surface area is 304 Å². The smallest absolute Gasteiger partial charge is 0.311 e. The lowest BCUT2D eigenvalue weighted by molar-refractivity contribution is -0.318.